The van der Waals surface area contributed by atoms with E-state index >= 15 is 0 Å². The molecule has 0 radical (unpaired) electrons. The molecule has 2 aliphatic heterocycles. The van der Waals surface area contributed by atoms with Gasteiger partial charge in [-0.15, -0.1) is 0 Å². The van der Waals surface area contributed by atoms with E-state index in [4.69, 9.17) is 10.00 Å². The first-order valence-electron chi connectivity index (χ1n) is 11.3. The second kappa shape index (κ2) is 8.94. The van der Waals surface area contributed by atoms with Crippen LogP contribution in [0.25, 0.3) is 0 Å². The summed E-state index contributed by atoms with van der Waals surface area (Å²) in [5.74, 6) is -0.0830. The normalized spacial score (nSPS) is 22.1. The van der Waals surface area contributed by atoms with E-state index in [1.54, 1.807) is 6.20 Å². The van der Waals surface area contributed by atoms with Crippen molar-refractivity contribution in [2.45, 2.75) is 44.2 Å². The third kappa shape index (κ3) is 4.48. The maximum absolute atomic E-state index is 13.7. The van der Waals surface area contributed by atoms with Gasteiger partial charge in [0.15, 0.2) is 5.54 Å². The average molecular weight is 444 g/mol. The Morgan fingerprint density at radius 1 is 1.21 bits per heavy atom. The number of carbonyl (C=O) groups is 1. The summed E-state index contributed by atoms with van der Waals surface area (Å²) in [6, 6.07) is 17.8. The van der Waals surface area contributed by atoms with E-state index in [2.05, 4.69) is 41.2 Å². The van der Waals surface area contributed by atoms with Crippen molar-refractivity contribution in [1.82, 2.24) is 15.2 Å². The lowest BCUT2D eigenvalue weighted by Gasteiger charge is -2.40. The van der Waals surface area contributed by atoms with E-state index in [0.29, 0.717) is 31.4 Å². The van der Waals surface area contributed by atoms with Crippen LogP contribution >= 0.6 is 0 Å². The van der Waals surface area contributed by atoms with E-state index < -0.39 is 11.0 Å². The van der Waals surface area contributed by atoms with Crippen LogP contribution in [0.4, 0.5) is 0 Å². The zero-order valence-corrected chi connectivity index (χ0v) is 19.2. The second-order valence-corrected chi connectivity index (χ2v) is 9.68. The molecule has 7 heteroatoms. The van der Waals surface area contributed by atoms with Crippen LogP contribution in [-0.4, -0.2) is 47.6 Å². The molecule has 2 fully saturated rings. The zero-order chi connectivity index (χ0) is 23.5. The van der Waals surface area contributed by atoms with Crippen molar-refractivity contribution in [3.8, 4) is 12.1 Å². The summed E-state index contributed by atoms with van der Waals surface area (Å²) >= 11 is 0. The van der Waals surface area contributed by atoms with Gasteiger partial charge in [0.2, 0.25) is 5.91 Å². The quantitative estimate of drug-likeness (QED) is 0.706. The number of nitrogens with one attached hydrogen (secondary N) is 1. The molecule has 1 amide bonds. The summed E-state index contributed by atoms with van der Waals surface area (Å²) in [4.78, 5) is 20.6. The molecule has 2 aliphatic rings. The van der Waals surface area contributed by atoms with Gasteiger partial charge >= 0.3 is 0 Å². The Labute approximate surface area is 195 Å². The predicted octanol–water partition coefficient (Wildman–Crippen LogP) is 2.92. The highest BCUT2D eigenvalue weighted by Crippen LogP contribution is 2.42. The number of rotatable bonds is 7. The number of benzene rings is 1. The largest absolute Gasteiger partial charge is 0.374 e. The number of likely N-dealkylation sites (tertiary alicyclic amines) is 1. The molecule has 0 saturated carbocycles. The molecule has 170 valence electrons. The Balaban J connectivity index is 1.57. The van der Waals surface area contributed by atoms with Gasteiger partial charge in [-0.2, -0.15) is 10.5 Å². The number of carbonyl (C=O) groups excluding carboxylic acids is 1. The van der Waals surface area contributed by atoms with Crippen molar-refractivity contribution >= 4 is 5.91 Å². The standard InChI is InChI=1S/C26H29N5O2/c1-24(2,22-5-3-4-13-29-22)31-14-12-25(17-31,23(32)30-26(16-28)18-33-19-26)11-10-20-6-8-21(15-27)9-7-20/h3-9,13H,10-12,14,17-19H2,1-2H3,(H,30,32)/t25-/m1/s1. The van der Waals surface area contributed by atoms with Gasteiger partial charge in [0.25, 0.3) is 0 Å². The van der Waals surface area contributed by atoms with Crippen LogP contribution in [0.2, 0.25) is 0 Å². The predicted molar refractivity (Wildman–Crippen MR) is 123 cm³/mol. The van der Waals surface area contributed by atoms with Crippen LogP contribution in [-0.2, 0) is 21.5 Å². The van der Waals surface area contributed by atoms with Gasteiger partial charge in [-0.3, -0.25) is 14.7 Å². The van der Waals surface area contributed by atoms with Crippen LogP contribution < -0.4 is 5.32 Å². The molecule has 1 atom stereocenters. The Bertz CT molecular complexity index is 1080. The number of nitrogens with zero attached hydrogens (tertiary/aromatic N) is 4. The van der Waals surface area contributed by atoms with E-state index in [-0.39, 0.29) is 24.7 Å². The van der Waals surface area contributed by atoms with E-state index in [9.17, 15) is 10.1 Å². The number of nitriles is 2. The zero-order valence-electron chi connectivity index (χ0n) is 19.2. The third-order valence-corrected chi connectivity index (χ3v) is 7.16. The molecular formula is C26H29N5O2. The second-order valence-electron chi connectivity index (χ2n) is 9.68. The van der Waals surface area contributed by atoms with E-state index in [0.717, 1.165) is 17.8 Å². The van der Waals surface area contributed by atoms with Crippen molar-refractivity contribution in [3.63, 3.8) is 0 Å². The van der Waals surface area contributed by atoms with Crippen molar-refractivity contribution in [2.24, 2.45) is 5.41 Å². The smallest absolute Gasteiger partial charge is 0.228 e. The Hall–Kier alpha value is -3.26. The summed E-state index contributed by atoms with van der Waals surface area (Å²) in [5, 5.41) is 21.7. The van der Waals surface area contributed by atoms with E-state index in [1.807, 2.05) is 42.5 Å². The number of aryl methyl sites for hydroxylation is 1. The molecule has 0 spiro atoms. The Morgan fingerprint density at radius 3 is 2.55 bits per heavy atom. The first kappa shape index (κ1) is 22.9. The molecule has 1 aromatic heterocycles. The molecule has 2 saturated heterocycles. The number of ether oxygens (including phenoxy) is 1. The van der Waals surface area contributed by atoms with Crippen molar-refractivity contribution < 1.29 is 9.53 Å². The van der Waals surface area contributed by atoms with E-state index in [1.165, 1.54) is 0 Å². The monoisotopic (exact) mass is 443 g/mol. The minimum Gasteiger partial charge on any atom is -0.374 e. The number of hydrogen-bond donors (Lipinski definition) is 1. The lowest BCUT2D eigenvalue weighted by atomic mass is 9.79. The first-order valence-corrected chi connectivity index (χ1v) is 11.3. The topological polar surface area (TPSA) is 102 Å². The first-order chi connectivity index (χ1) is 15.8. The number of amides is 1. The van der Waals surface area contributed by atoms with Gasteiger partial charge in [-0.25, -0.2) is 0 Å². The fourth-order valence-corrected chi connectivity index (χ4v) is 4.69. The number of hydrogen-bond acceptors (Lipinski definition) is 6. The highest BCUT2D eigenvalue weighted by molar-refractivity contribution is 5.84. The van der Waals surface area contributed by atoms with Crippen molar-refractivity contribution in [2.75, 3.05) is 26.3 Å². The molecule has 33 heavy (non-hydrogen) atoms. The van der Waals surface area contributed by atoms with Crippen LogP contribution in [0, 0.1) is 28.1 Å². The molecule has 3 heterocycles. The molecule has 0 unspecified atom stereocenters. The average Bonchev–Trinajstić information content (AvgIpc) is 3.28. The fraction of sp³-hybridized carbons (Fsp3) is 0.462. The Morgan fingerprint density at radius 2 is 1.97 bits per heavy atom. The molecule has 1 N–H and O–H groups in total. The van der Waals surface area contributed by atoms with Crippen molar-refractivity contribution in [3.05, 3.63) is 65.5 Å². The van der Waals surface area contributed by atoms with Gasteiger partial charge < -0.3 is 10.1 Å². The summed E-state index contributed by atoms with van der Waals surface area (Å²) in [5.41, 5.74) is 0.794. The number of pyridine rings is 1. The minimum absolute atomic E-state index is 0.0830. The maximum Gasteiger partial charge on any atom is 0.228 e. The Kier molecular flexibility index (Phi) is 6.21. The molecule has 0 aliphatic carbocycles. The molecule has 7 nitrogen and oxygen atoms in total. The fourth-order valence-electron chi connectivity index (χ4n) is 4.69. The summed E-state index contributed by atoms with van der Waals surface area (Å²) in [6.45, 7) is 6.08. The molecule has 0 bridgehead atoms. The van der Waals surface area contributed by atoms with Gasteiger partial charge in [-0.05, 0) is 62.9 Å². The number of aromatic nitrogens is 1. The maximum atomic E-state index is 13.7. The summed E-state index contributed by atoms with van der Waals surface area (Å²) < 4.78 is 5.23. The van der Waals surface area contributed by atoms with Gasteiger partial charge in [0.05, 0.1) is 47.6 Å². The lowest BCUT2D eigenvalue weighted by Crippen LogP contribution is -2.64. The van der Waals surface area contributed by atoms with Gasteiger partial charge in [0, 0.05) is 19.3 Å². The molecular weight excluding hydrogens is 414 g/mol. The van der Waals surface area contributed by atoms with Crippen LogP contribution in [0.15, 0.2) is 48.7 Å². The highest BCUT2D eigenvalue weighted by Gasteiger charge is 2.51. The molecule has 1 aromatic carbocycles. The molecule has 4 rings (SSSR count). The van der Waals surface area contributed by atoms with Crippen LogP contribution in [0.3, 0.4) is 0 Å². The summed E-state index contributed by atoms with van der Waals surface area (Å²) in [6.07, 6.45) is 3.87. The van der Waals surface area contributed by atoms with Crippen LogP contribution in [0.5, 0.6) is 0 Å². The highest BCUT2D eigenvalue weighted by atomic mass is 16.5. The minimum atomic E-state index is -0.928. The van der Waals surface area contributed by atoms with Gasteiger partial charge in [-0.1, -0.05) is 18.2 Å². The molecule has 2 aromatic rings. The third-order valence-electron chi connectivity index (χ3n) is 7.16. The van der Waals surface area contributed by atoms with Gasteiger partial charge in [0.1, 0.15) is 0 Å². The van der Waals surface area contributed by atoms with Crippen LogP contribution in [0.1, 0.15) is 43.5 Å². The van der Waals surface area contributed by atoms with Crippen molar-refractivity contribution in [1.29, 1.82) is 10.5 Å². The summed E-state index contributed by atoms with van der Waals surface area (Å²) in [7, 11) is 0. The lowest BCUT2D eigenvalue weighted by molar-refractivity contribution is -0.138. The SMILES string of the molecule is CC(C)(c1ccccn1)N1CC[C@@](CCc2ccc(C#N)cc2)(C(=O)NC2(C#N)COC2)C1.